The Hall–Kier alpha value is -0.910. The monoisotopic (exact) mass is 371 g/mol. The maximum atomic E-state index is 10.4. The van der Waals surface area contributed by atoms with Crippen LogP contribution in [0.3, 0.4) is 0 Å². The summed E-state index contributed by atoms with van der Waals surface area (Å²) in [4.78, 5) is 4.23. The fraction of sp³-hybridized carbons (Fsp3) is 0.154. The molecule has 1 unspecified atom stereocenters. The minimum absolute atomic E-state index is 0.558. The first-order valence-corrected chi connectivity index (χ1v) is 6.84. The number of methoxy groups -OCH3 is 1. The van der Waals surface area contributed by atoms with Crippen LogP contribution < -0.4 is 4.74 Å². The van der Waals surface area contributed by atoms with E-state index in [2.05, 4.69) is 36.8 Å². The van der Waals surface area contributed by atoms with E-state index in [9.17, 15) is 5.11 Å². The normalized spacial score (nSPS) is 12.2. The van der Waals surface area contributed by atoms with Crippen molar-refractivity contribution in [1.29, 1.82) is 0 Å². The maximum absolute atomic E-state index is 10.4. The number of ether oxygens (including phenoxy) is 1. The van der Waals surface area contributed by atoms with E-state index >= 15 is 0 Å². The van der Waals surface area contributed by atoms with Gasteiger partial charge in [0.05, 0.1) is 12.8 Å². The molecule has 18 heavy (non-hydrogen) atoms. The molecule has 94 valence electrons. The van der Waals surface area contributed by atoms with Crippen molar-refractivity contribution >= 4 is 31.9 Å². The fourth-order valence-corrected chi connectivity index (χ4v) is 2.87. The van der Waals surface area contributed by atoms with E-state index in [0.29, 0.717) is 17.0 Å². The number of hydrogen-bond donors (Lipinski definition) is 1. The molecule has 1 aromatic heterocycles. The molecule has 2 rings (SSSR count). The molecule has 0 saturated carbocycles. The molecule has 0 radical (unpaired) electrons. The number of hydrogen-bond acceptors (Lipinski definition) is 3. The van der Waals surface area contributed by atoms with Gasteiger partial charge in [0.25, 0.3) is 0 Å². The Labute approximate surface area is 122 Å². The summed E-state index contributed by atoms with van der Waals surface area (Å²) < 4.78 is 6.84. The summed E-state index contributed by atoms with van der Waals surface area (Å²) in [7, 11) is 1.58. The van der Waals surface area contributed by atoms with Crippen LogP contribution in [0.15, 0.2) is 45.5 Å². The van der Waals surface area contributed by atoms with Crippen molar-refractivity contribution in [3.63, 3.8) is 0 Å². The number of para-hydroxylation sites is 1. The van der Waals surface area contributed by atoms with Crippen LogP contribution in [-0.4, -0.2) is 17.2 Å². The molecule has 1 heterocycles. The second-order valence-corrected chi connectivity index (χ2v) is 5.44. The lowest BCUT2D eigenvalue weighted by molar-refractivity contribution is 0.209. The minimum atomic E-state index is -0.830. The minimum Gasteiger partial charge on any atom is -0.496 e. The molecule has 2 aromatic rings. The van der Waals surface area contributed by atoms with Crippen LogP contribution in [0.1, 0.15) is 17.4 Å². The number of benzene rings is 1. The lowest BCUT2D eigenvalue weighted by atomic mass is 10.1. The van der Waals surface area contributed by atoms with Crippen molar-refractivity contribution in [2.75, 3.05) is 7.11 Å². The summed E-state index contributed by atoms with van der Waals surface area (Å²) >= 11 is 6.73. The molecule has 0 aliphatic heterocycles. The van der Waals surface area contributed by atoms with Crippen molar-refractivity contribution in [3.8, 4) is 5.75 Å². The highest BCUT2D eigenvalue weighted by Gasteiger charge is 2.18. The quantitative estimate of drug-likeness (QED) is 0.893. The molecule has 0 spiro atoms. The summed E-state index contributed by atoms with van der Waals surface area (Å²) in [5, 5.41) is 10.4. The summed E-state index contributed by atoms with van der Waals surface area (Å²) in [6, 6.07) is 9.19. The predicted octanol–water partition coefficient (Wildman–Crippen LogP) is 3.70. The van der Waals surface area contributed by atoms with Gasteiger partial charge >= 0.3 is 0 Å². The molecule has 5 heteroatoms. The van der Waals surface area contributed by atoms with Gasteiger partial charge in [0.15, 0.2) is 0 Å². The van der Waals surface area contributed by atoms with Gasteiger partial charge in [0.1, 0.15) is 11.9 Å². The number of nitrogens with zero attached hydrogens (tertiary/aromatic N) is 1. The third-order valence-electron chi connectivity index (χ3n) is 2.53. The number of aromatic nitrogens is 1. The van der Waals surface area contributed by atoms with Crippen LogP contribution >= 0.6 is 31.9 Å². The van der Waals surface area contributed by atoms with Gasteiger partial charge < -0.3 is 9.84 Å². The van der Waals surface area contributed by atoms with E-state index < -0.39 is 6.10 Å². The smallest absolute Gasteiger partial charge is 0.126 e. The molecule has 1 atom stereocenters. The zero-order valence-electron chi connectivity index (χ0n) is 9.60. The SMILES string of the molecule is COc1ccccc1C(O)c1ncc(Br)cc1Br. The van der Waals surface area contributed by atoms with Gasteiger partial charge in [-0.15, -0.1) is 0 Å². The Balaban J connectivity index is 2.44. The predicted molar refractivity (Wildman–Crippen MR) is 76.7 cm³/mol. The molecule has 1 N–H and O–H groups in total. The number of halogens is 2. The lowest BCUT2D eigenvalue weighted by Gasteiger charge is -2.15. The summed E-state index contributed by atoms with van der Waals surface area (Å²) in [5.41, 5.74) is 1.25. The first-order chi connectivity index (χ1) is 8.63. The average Bonchev–Trinajstić information content (AvgIpc) is 2.38. The van der Waals surface area contributed by atoms with E-state index in [0.717, 1.165) is 8.95 Å². The molecular weight excluding hydrogens is 362 g/mol. The third kappa shape index (κ3) is 2.74. The fourth-order valence-electron chi connectivity index (χ4n) is 1.67. The second kappa shape index (κ2) is 5.82. The Morgan fingerprint density at radius 2 is 2.00 bits per heavy atom. The van der Waals surface area contributed by atoms with Crippen LogP contribution in [0.25, 0.3) is 0 Å². The van der Waals surface area contributed by atoms with Crippen LogP contribution in [-0.2, 0) is 0 Å². The molecule has 3 nitrogen and oxygen atoms in total. The van der Waals surface area contributed by atoms with Gasteiger partial charge in [-0.1, -0.05) is 18.2 Å². The second-order valence-electron chi connectivity index (χ2n) is 3.67. The Bertz CT molecular complexity index is 560. The Morgan fingerprint density at radius 1 is 1.28 bits per heavy atom. The van der Waals surface area contributed by atoms with E-state index in [4.69, 9.17) is 4.74 Å². The highest BCUT2D eigenvalue weighted by Crippen LogP contribution is 2.33. The number of aliphatic hydroxyl groups is 1. The van der Waals surface area contributed by atoms with Crippen molar-refractivity contribution in [2.24, 2.45) is 0 Å². The number of aliphatic hydroxyl groups excluding tert-OH is 1. The van der Waals surface area contributed by atoms with Crippen molar-refractivity contribution < 1.29 is 9.84 Å². The van der Waals surface area contributed by atoms with Gasteiger partial charge in [-0.2, -0.15) is 0 Å². The molecule has 1 aromatic carbocycles. The molecular formula is C13H11Br2NO2. The van der Waals surface area contributed by atoms with Crippen LogP contribution in [0, 0.1) is 0 Å². The topological polar surface area (TPSA) is 42.4 Å². The molecule has 0 aliphatic carbocycles. The van der Waals surface area contributed by atoms with Crippen LogP contribution in [0.5, 0.6) is 5.75 Å². The first kappa shape index (κ1) is 13.5. The van der Waals surface area contributed by atoms with Gasteiger partial charge in [-0.3, -0.25) is 4.98 Å². The number of pyridine rings is 1. The zero-order chi connectivity index (χ0) is 13.1. The van der Waals surface area contributed by atoms with E-state index in [1.807, 2.05) is 30.3 Å². The van der Waals surface area contributed by atoms with E-state index in [-0.39, 0.29) is 0 Å². The van der Waals surface area contributed by atoms with Gasteiger partial charge in [0.2, 0.25) is 0 Å². The molecule has 0 fully saturated rings. The van der Waals surface area contributed by atoms with Crippen LogP contribution in [0.4, 0.5) is 0 Å². The summed E-state index contributed by atoms with van der Waals surface area (Å²) in [6.07, 6.45) is 0.822. The molecule has 0 saturated heterocycles. The molecule has 0 aliphatic rings. The average molecular weight is 373 g/mol. The van der Waals surface area contributed by atoms with E-state index in [1.54, 1.807) is 13.3 Å². The Morgan fingerprint density at radius 3 is 2.67 bits per heavy atom. The summed E-state index contributed by atoms with van der Waals surface area (Å²) in [5.74, 6) is 0.640. The highest BCUT2D eigenvalue weighted by atomic mass is 79.9. The van der Waals surface area contributed by atoms with Crippen molar-refractivity contribution in [1.82, 2.24) is 4.98 Å². The summed E-state index contributed by atoms with van der Waals surface area (Å²) in [6.45, 7) is 0. The van der Waals surface area contributed by atoms with Gasteiger partial charge in [-0.25, -0.2) is 0 Å². The molecule has 0 bridgehead atoms. The van der Waals surface area contributed by atoms with E-state index in [1.165, 1.54) is 0 Å². The maximum Gasteiger partial charge on any atom is 0.126 e. The largest absolute Gasteiger partial charge is 0.496 e. The van der Waals surface area contributed by atoms with Crippen LogP contribution in [0.2, 0.25) is 0 Å². The standard InChI is InChI=1S/C13H11Br2NO2/c1-18-11-5-3-2-4-9(11)13(17)12-10(15)6-8(14)7-16-12/h2-7,13,17H,1H3. The van der Waals surface area contributed by atoms with Gasteiger partial charge in [0, 0.05) is 20.7 Å². The third-order valence-corrected chi connectivity index (χ3v) is 3.60. The lowest BCUT2D eigenvalue weighted by Crippen LogP contribution is -2.05. The van der Waals surface area contributed by atoms with Crippen molar-refractivity contribution in [3.05, 3.63) is 56.7 Å². The zero-order valence-corrected chi connectivity index (χ0v) is 12.8. The van der Waals surface area contributed by atoms with Crippen molar-refractivity contribution in [2.45, 2.75) is 6.10 Å². The highest BCUT2D eigenvalue weighted by molar-refractivity contribution is 9.11. The first-order valence-electron chi connectivity index (χ1n) is 5.25. The molecule has 0 amide bonds. The van der Waals surface area contributed by atoms with Gasteiger partial charge in [-0.05, 0) is 44.0 Å². The number of rotatable bonds is 3. The Kier molecular flexibility index (Phi) is 4.37.